The first kappa shape index (κ1) is 33.6. The molecule has 0 saturated carbocycles. The lowest BCUT2D eigenvalue weighted by Gasteiger charge is -2.40. The highest BCUT2D eigenvalue weighted by molar-refractivity contribution is 6.06. The molecule has 0 bridgehead atoms. The van der Waals surface area contributed by atoms with Crippen molar-refractivity contribution in [2.75, 3.05) is 23.8 Å². The van der Waals surface area contributed by atoms with Gasteiger partial charge in [-0.25, -0.2) is 0 Å². The van der Waals surface area contributed by atoms with Gasteiger partial charge in [-0.1, -0.05) is 24.3 Å². The molecule has 14 nitrogen and oxygen atoms in total. The number of rotatable bonds is 8. The van der Waals surface area contributed by atoms with Crippen LogP contribution >= 0.6 is 0 Å². The molecule has 0 radical (unpaired) electrons. The highest BCUT2D eigenvalue weighted by Gasteiger charge is 2.45. The number of ether oxygens (including phenoxy) is 2. The van der Waals surface area contributed by atoms with Crippen LogP contribution in [0.3, 0.4) is 0 Å². The first-order valence-corrected chi connectivity index (χ1v) is 14.6. The van der Waals surface area contributed by atoms with Gasteiger partial charge in [0.1, 0.15) is 61.0 Å². The fourth-order valence-corrected chi connectivity index (χ4v) is 5.51. The van der Waals surface area contributed by atoms with Crippen LogP contribution in [0.4, 0.5) is 11.4 Å². The Bertz CT molecular complexity index is 1400. The van der Waals surface area contributed by atoms with E-state index in [2.05, 4.69) is 10.6 Å². The van der Waals surface area contributed by atoms with E-state index in [0.29, 0.717) is 22.5 Å². The molecule has 10 unspecified atom stereocenters. The summed E-state index contributed by atoms with van der Waals surface area (Å²) in [4.78, 5) is 26.0. The fraction of sp³-hybridized carbons (Fsp3) is 0.375. The summed E-state index contributed by atoms with van der Waals surface area (Å²) in [6.45, 7) is -1.15. The van der Waals surface area contributed by atoms with Gasteiger partial charge in [-0.3, -0.25) is 9.59 Å². The van der Waals surface area contributed by atoms with Crippen LogP contribution in [0.2, 0.25) is 0 Å². The number of benzene rings is 3. The molecule has 5 rings (SSSR count). The quantitative estimate of drug-likeness (QED) is 0.146. The zero-order chi connectivity index (χ0) is 33.1. The standard InChI is InChI=1S/C32H36N2O12/c35-13-21-23(37)25(39)27(41)29(45-21)15-3-1-5-17(11-15)31(43)33-19-7-9-20(10-8-19)34-32(44)18-6-2-4-16(12-18)30-28(42)26(40)24(38)22(14-36)46-30/h1-12,21-30,35-42H,13-14H2,(H,33,43)(H,34,44). The molecule has 246 valence electrons. The monoisotopic (exact) mass is 640 g/mol. The lowest BCUT2D eigenvalue weighted by molar-refractivity contribution is -0.231. The maximum absolute atomic E-state index is 13.0. The number of hydrogen-bond acceptors (Lipinski definition) is 12. The Morgan fingerprint density at radius 2 is 0.913 bits per heavy atom. The SMILES string of the molecule is O=C(Nc1ccc(NC(=O)c2cccc(C3OC(CO)C(O)C(O)C3O)c2)cc1)c1cccc(C2OC(CO)C(O)C(O)C2O)c1. The van der Waals surface area contributed by atoms with E-state index in [1.54, 1.807) is 48.5 Å². The molecule has 2 fully saturated rings. The average molecular weight is 641 g/mol. The minimum Gasteiger partial charge on any atom is -0.394 e. The number of nitrogens with one attached hydrogen (secondary N) is 2. The van der Waals surface area contributed by atoms with Crippen LogP contribution in [-0.4, -0.2) is 115 Å². The topological polar surface area (TPSA) is 238 Å². The van der Waals surface area contributed by atoms with Crippen molar-refractivity contribution < 1.29 is 59.9 Å². The minimum atomic E-state index is -1.56. The van der Waals surface area contributed by atoms with E-state index in [-0.39, 0.29) is 11.1 Å². The molecule has 3 aromatic rings. The highest BCUT2D eigenvalue weighted by atomic mass is 16.6. The van der Waals surface area contributed by atoms with Crippen LogP contribution in [0.1, 0.15) is 44.1 Å². The second-order valence-corrected chi connectivity index (χ2v) is 11.2. The van der Waals surface area contributed by atoms with Gasteiger partial charge in [0, 0.05) is 22.5 Å². The molecule has 0 spiro atoms. The summed E-state index contributed by atoms with van der Waals surface area (Å²) in [5, 5.41) is 85.6. The Kier molecular flexibility index (Phi) is 10.4. The van der Waals surface area contributed by atoms with Crippen molar-refractivity contribution in [1.29, 1.82) is 0 Å². The summed E-state index contributed by atoms with van der Waals surface area (Å²) in [7, 11) is 0. The fourth-order valence-electron chi connectivity index (χ4n) is 5.51. The van der Waals surface area contributed by atoms with Crippen molar-refractivity contribution in [2.45, 2.75) is 61.0 Å². The third-order valence-electron chi connectivity index (χ3n) is 8.14. The van der Waals surface area contributed by atoms with Crippen LogP contribution in [0.5, 0.6) is 0 Å². The van der Waals surface area contributed by atoms with Crippen LogP contribution < -0.4 is 10.6 Å². The molecule has 0 aromatic heterocycles. The molecule has 10 atom stereocenters. The van der Waals surface area contributed by atoms with Crippen molar-refractivity contribution in [1.82, 2.24) is 0 Å². The van der Waals surface area contributed by atoms with Gasteiger partial charge in [0.05, 0.1) is 13.2 Å². The van der Waals surface area contributed by atoms with Crippen molar-refractivity contribution in [3.8, 4) is 0 Å². The van der Waals surface area contributed by atoms with Gasteiger partial charge in [0.2, 0.25) is 0 Å². The second-order valence-electron chi connectivity index (χ2n) is 11.2. The van der Waals surface area contributed by atoms with Crippen LogP contribution in [0.15, 0.2) is 72.8 Å². The van der Waals surface area contributed by atoms with Gasteiger partial charge < -0.3 is 61.0 Å². The average Bonchev–Trinajstić information content (AvgIpc) is 3.07. The zero-order valence-electron chi connectivity index (χ0n) is 24.3. The lowest BCUT2D eigenvalue weighted by Crippen LogP contribution is -2.55. The van der Waals surface area contributed by atoms with Gasteiger partial charge in [-0.15, -0.1) is 0 Å². The number of anilines is 2. The molecule has 2 heterocycles. The van der Waals surface area contributed by atoms with E-state index < -0.39 is 86.1 Å². The van der Waals surface area contributed by atoms with E-state index in [0.717, 1.165) is 0 Å². The van der Waals surface area contributed by atoms with E-state index in [9.17, 15) is 50.4 Å². The number of carbonyl (C=O) groups is 2. The predicted octanol–water partition coefficient (Wildman–Crippen LogP) is -0.779. The van der Waals surface area contributed by atoms with Gasteiger partial charge >= 0.3 is 0 Å². The summed E-state index contributed by atoms with van der Waals surface area (Å²) in [6.07, 6.45) is -13.5. The predicted molar refractivity (Wildman–Crippen MR) is 161 cm³/mol. The Hall–Kier alpha value is -3.80. The molecule has 2 aliphatic heterocycles. The summed E-state index contributed by atoms with van der Waals surface area (Å²) >= 11 is 0. The summed E-state index contributed by atoms with van der Waals surface area (Å²) < 4.78 is 11.2. The zero-order valence-corrected chi connectivity index (χ0v) is 24.3. The van der Waals surface area contributed by atoms with E-state index in [4.69, 9.17) is 9.47 Å². The highest BCUT2D eigenvalue weighted by Crippen LogP contribution is 2.34. The molecule has 2 amide bonds. The van der Waals surface area contributed by atoms with Crippen LogP contribution in [0.25, 0.3) is 0 Å². The molecule has 2 aliphatic rings. The number of carbonyl (C=O) groups excluding carboxylic acids is 2. The minimum absolute atomic E-state index is 0.214. The van der Waals surface area contributed by atoms with Crippen LogP contribution in [0, 0.1) is 0 Å². The lowest BCUT2D eigenvalue weighted by atomic mass is 9.90. The maximum Gasteiger partial charge on any atom is 0.255 e. The summed E-state index contributed by atoms with van der Waals surface area (Å²) in [5.74, 6) is -0.985. The van der Waals surface area contributed by atoms with E-state index >= 15 is 0 Å². The third kappa shape index (κ3) is 6.96. The molecule has 2 saturated heterocycles. The Morgan fingerprint density at radius 1 is 0.543 bits per heavy atom. The van der Waals surface area contributed by atoms with Crippen molar-refractivity contribution >= 4 is 23.2 Å². The number of aliphatic hydroxyl groups excluding tert-OH is 8. The summed E-state index contributed by atoms with van der Waals surface area (Å²) in [5.41, 5.74) is 1.96. The normalized spacial score (nSPS) is 31.2. The molecule has 10 N–H and O–H groups in total. The van der Waals surface area contributed by atoms with Crippen LogP contribution in [-0.2, 0) is 9.47 Å². The maximum atomic E-state index is 13.0. The summed E-state index contributed by atoms with van der Waals surface area (Å²) in [6, 6.07) is 18.6. The number of aliphatic hydroxyl groups is 8. The number of hydrogen-bond donors (Lipinski definition) is 10. The van der Waals surface area contributed by atoms with E-state index in [1.165, 1.54) is 24.3 Å². The van der Waals surface area contributed by atoms with Gasteiger partial charge in [-0.2, -0.15) is 0 Å². The third-order valence-corrected chi connectivity index (χ3v) is 8.14. The molecule has 3 aromatic carbocycles. The molecule has 46 heavy (non-hydrogen) atoms. The largest absolute Gasteiger partial charge is 0.394 e. The Balaban J connectivity index is 1.22. The smallest absolute Gasteiger partial charge is 0.255 e. The van der Waals surface area contributed by atoms with Crippen molar-refractivity contribution in [2.24, 2.45) is 0 Å². The van der Waals surface area contributed by atoms with E-state index in [1.807, 2.05) is 0 Å². The molecular formula is C32H36N2O12. The van der Waals surface area contributed by atoms with Gasteiger partial charge in [0.25, 0.3) is 11.8 Å². The Morgan fingerprint density at radius 3 is 1.26 bits per heavy atom. The molecular weight excluding hydrogens is 604 g/mol. The molecule has 14 heteroatoms. The second kappa shape index (κ2) is 14.3. The first-order valence-electron chi connectivity index (χ1n) is 14.6. The molecule has 0 aliphatic carbocycles. The van der Waals surface area contributed by atoms with Gasteiger partial charge in [0.15, 0.2) is 0 Å². The van der Waals surface area contributed by atoms with Crippen molar-refractivity contribution in [3.05, 3.63) is 95.1 Å². The number of amides is 2. The van der Waals surface area contributed by atoms with Crippen molar-refractivity contribution in [3.63, 3.8) is 0 Å². The van der Waals surface area contributed by atoms with Gasteiger partial charge in [-0.05, 0) is 59.7 Å². The first-order chi connectivity index (χ1) is 22.0. The Labute approximate surface area is 263 Å².